The van der Waals surface area contributed by atoms with E-state index in [0.717, 1.165) is 13.0 Å². The van der Waals surface area contributed by atoms with Gasteiger partial charge in [0.15, 0.2) is 0 Å². The zero-order valence-electron chi connectivity index (χ0n) is 25.6. The van der Waals surface area contributed by atoms with Crippen LogP contribution in [0.5, 0.6) is 0 Å². The van der Waals surface area contributed by atoms with E-state index >= 15 is 0 Å². The quantitative estimate of drug-likeness (QED) is 0.0431. The summed E-state index contributed by atoms with van der Waals surface area (Å²) in [6.07, 6.45) is 1.02. The van der Waals surface area contributed by atoms with E-state index in [4.69, 9.17) is 62.4 Å². The van der Waals surface area contributed by atoms with Crippen LogP contribution < -0.4 is 0 Å². The lowest BCUT2D eigenvalue weighted by Gasteiger charge is -2.09. The van der Waals surface area contributed by atoms with Gasteiger partial charge in [0.05, 0.1) is 152 Å². The normalized spacial score (nSPS) is 11.3. The molecule has 0 aliphatic rings. The summed E-state index contributed by atoms with van der Waals surface area (Å²) in [6, 6.07) is 0. The van der Waals surface area contributed by atoms with Crippen LogP contribution >= 0.6 is 0 Å². The third kappa shape index (κ3) is 38.8. The van der Waals surface area contributed by atoms with E-state index in [1.165, 1.54) is 0 Å². The molecule has 0 spiro atoms. The molecule has 0 aromatic rings. The van der Waals surface area contributed by atoms with Gasteiger partial charge in [-0.25, -0.2) is 0 Å². The van der Waals surface area contributed by atoms with Crippen LogP contribution in [0.1, 0.15) is 13.3 Å². The maximum atomic E-state index is 8.13. The van der Waals surface area contributed by atoms with E-state index in [1.54, 1.807) is 0 Å². The van der Waals surface area contributed by atoms with Gasteiger partial charge in [-0.1, -0.05) is 12.0 Å². The van der Waals surface area contributed by atoms with Gasteiger partial charge in [0.2, 0.25) is 0 Å². The monoisotopic (exact) mass is 613 g/mol. The van der Waals surface area contributed by atoms with Crippen LogP contribution in [0.2, 0.25) is 0 Å². The molecule has 0 amide bonds. The molecule has 0 rings (SSSR count). The van der Waals surface area contributed by atoms with Crippen molar-refractivity contribution in [2.45, 2.75) is 13.3 Å². The van der Waals surface area contributed by atoms with Gasteiger partial charge in [0.1, 0.15) is 0 Å². The highest BCUT2D eigenvalue weighted by molar-refractivity contribution is 4.44. The standard InChI is InChI=1S/C27H55N3O12/c1-2-4-31-6-8-33-10-12-35-14-16-37-18-20-39-22-24-41-26-27-42-25-23-40-21-19-38-17-15-36-13-11-34-9-7-32-5-3-29-30-28/h2-27H2,1H3. The molecule has 0 aliphatic carbocycles. The van der Waals surface area contributed by atoms with Gasteiger partial charge >= 0.3 is 0 Å². The Morgan fingerprint density at radius 1 is 0.333 bits per heavy atom. The van der Waals surface area contributed by atoms with Gasteiger partial charge in [-0.2, -0.15) is 0 Å². The van der Waals surface area contributed by atoms with Crippen molar-refractivity contribution in [3.05, 3.63) is 10.4 Å². The SMILES string of the molecule is CCCOCCOCCOCCOCCOCCOCCOCCOCCOCCOCCOCCOCCN=[N+]=[N-]. The lowest BCUT2D eigenvalue weighted by Crippen LogP contribution is -2.15. The predicted octanol–water partition coefficient (Wildman–Crippen LogP) is 1.91. The molecule has 0 unspecified atom stereocenters. The molecule has 15 heteroatoms. The summed E-state index contributed by atoms with van der Waals surface area (Å²) in [5.74, 6) is 0. The third-order valence-corrected chi connectivity index (χ3v) is 4.84. The number of rotatable bonds is 38. The molecule has 0 radical (unpaired) electrons. The van der Waals surface area contributed by atoms with Crippen LogP contribution in [-0.4, -0.2) is 165 Å². The maximum Gasteiger partial charge on any atom is 0.0701 e. The molecule has 0 aromatic heterocycles. The molecule has 0 saturated carbocycles. The fourth-order valence-corrected chi connectivity index (χ4v) is 2.82. The van der Waals surface area contributed by atoms with E-state index in [-0.39, 0.29) is 0 Å². The first-order valence-corrected chi connectivity index (χ1v) is 14.9. The molecule has 0 aliphatic heterocycles. The van der Waals surface area contributed by atoms with E-state index in [1.807, 2.05) is 0 Å². The first-order chi connectivity index (χ1) is 20.9. The fraction of sp³-hybridized carbons (Fsp3) is 1.00. The lowest BCUT2D eigenvalue weighted by atomic mass is 10.5. The Hall–Kier alpha value is -1.17. The van der Waals surface area contributed by atoms with E-state index in [0.29, 0.717) is 159 Å². The van der Waals surface area contributed by atoms with Crippen molar-refractivity contribution in [3.63, 3.8) is 0 Å². The molecule has 15 nitrogen and oxygen atoms in total. The molecule has 0 bridgehead atoms. The minimum Gasteiger partial charge on any atom is -0.379 e. The van der Waals surface area contributed by atoms with Crippen LogP contribution in [-0.2, 0) is 56.8 Å². The van der Waals surface area contributed by atoms with Crippen molar-refractivity contribution in [1.29, 1.82) is 0 Å². The van der Waals surface area contributed by atoms with Crippen molar-refractivity contribution in [1.82, 2.24) is 0 Å². The Labute approximate surface area is 251 Å². The third-order valence-electron chi connectivity index (χ3n) is 4.84. The average Bonchev–Trinajstić information content (AvgIpc) is 3.00. The number of ether oxygens (including phenoxy) is 12. The van der Waals surface area contributed by atoms with E-state index in [2.05, 4.69) is 16.9 Å². The van der Waals surface area contributed by atoms with Crippen LogP contribution in [0.15, 0.2) is 5.11 Å². The Balaban J connectivity index is 3.03. The number of hydrogen-bond acceptors (Lipinski definition) is 13. The highest BCUT2D eigenvalue weighted by Gasteiger charge is 1.96. The minimum atomic E-state index is 0.329. The second kappa shape index (κ2) is 39.8. The molecule has 0 fully saturated rings. The average molecular weight is 614 g/mol. The topological polar surface area (TPSA) is 160 Å². The molecule has 0 N–H and O–H groups in total. The largest absolute Gasteiger partial charge is 0.379 e. The van der Waals surface area contributed by atoms with E-state index in [9.17, 15) is 0 Å². The zero-order valence-corrected chi connectivity index (χ0v) is 25.6. The molecular weight excluding hydrogens is 558 g/mol. The van der Waals surface area contributed by atoms with Gasteiger partial charge in [0.25, 0.3) is 0 Å². The summed E-state index contributed by atoms with van der Waals surface area (Å²) < 4.78 is 64.9. The van der Waals surface area contributed by atoms with Crippen LogP contribution in [0.4, 0.5) is 0 Å². The Morgan fingerprint density at radius 3 is 0.714 bits per heavy atom. The summed E-state index contributed by atoms with van der Waals surface area (Å²) in [6.45, 7) is 15.0. The highest BCUT2D eigenvalue weighted by atomic mass is 16.6. The van der Waals surface area contributed by atoms with Gasteiger partial charge in [-0.05, 0) is 12.0 Å². The Bertz CT molecular complexity index is 548. The Kier molecular flexibility index (Phi) is 38.7. The number of azide groups is 1. The molecule has 0 aromatic carbocycles. The lowest BCUT2D eigenvalue weighted by molar-refractivity contribution is -0.0283. The van der Waals surface area contributed by atoms with Crippen LogP contribution in [0.3, 0.4) is 0 Å². The van der Waals surface area contributed by atoms with Crippen LogP contribution in [0, 0.1) is 0 Å². The summed E-state index contributed by atoms with van der Waals surface area (Å²) in [7, 11) is 0. The minimum absolute atomic E-state index is 0.329. The Morgan fingerprint density at radius 2 is 0.524 bits per heavy atom. The first kappa shape index (κ1) is 40.8. The summed E-state index contributed by atoms with van der Waals surface area (Å²) in [5.41, 5.74) is 8.13. The van der Waals surface area contributed by atoms with Crippen molar-refractivity contribution in [2.75, 3.05) is 165 Å². The van der Waals surface area contributed by atoms with Crippen molar-refractivity contribution in [2.24, 2.45) is 5.11 Å². The van der Waals surface area contributed by atoms with Gasteiger partial charge in [-0.15, -0.1) is 0 Å². The predicted molar refractivity (Wildman–Crippen MR) is 154 cm³/mol. The van der Waals surface area contributed by atoms with Gasteiger partial charge in [-0.3, -0.25) is 0 Å². The van der Waals surface area contributed by atoms with E-state index < -0.39 is 0 Å². The zero-order chi connectivity index (χ0) is 30.3. The molecule has 250 valence electrons. The number of nitrogens with zero attached hydrogens (tertiary/aromatic N) is 3. The van der Waals surface area contributed by atoms with Crippen molar-refractivity contribution >= 4 is 0 Å². The smallest absolute Gasteiger partial charge is 0.0701 e. The highest BCUT2D eigenvalue weighted by Crippen LogP contribution is 1.87. The van der Waals surface area contributed by atoms with Gasteiger partial charge < -0.3 is 56.8 Å². The summed E-state index contributed by atoms with van der Waals surface area (Å²) >= 11 is 0. The second-order valence-corrected chi connectivity index (χ2v) is 8.30. The molecular formula is C27H55N3O12. The second-order valence-electron chi connectivity index (χ2n) is 8.30. The first-order valence-electron chi connectivity index (χ1n) is 14.9. The molecule has 0 saturated heterocycles. The fourth-order valence-electron chi connectivity index (χ4n) is 2.82. The summed E-state index contributed by atoms with van der Waals surface area (Å²) in [4.78, 5) is 2.64. The molecule has 0 atom stereocenters. The van der Waals surface area contributed by atoms with Crippen molar-refractivity contribution in [3.8, 4) is 0 Å². The number of hydrogen-bond donors (Lipinski definition) is 0. The summed E-state index contributed by atoms with van der Waals surface area (Å²) in [5, 5.41) is 3.37. The molecule has 0 heterocycles. The maximum absolute atomic E-state index is 8.13. The van der Waals surface area contributed by atoms with Gasteiger partial charge in [0, 0.05) is 18.1 Å². The van der Waals surface area contributed by atoms with Crippen LogP contribution in [0.25, 0.3) is 10.4 Å². The molecule has 42 heavy (non-hydrogen) atoms. The van der Waals surface area contributed by atoms with Crippen molar-refractivity contribution < 1.29 is 56.8 Å².